The molecular weight excluding hydrogens is 268 g/mol. The number of hydrogen-bond acceptors (Lipinski definition) is 4. The van der Waals surface area contributed by atoms with Gasteiger partial charge in [0.2, 0.25) is 5.91 Å². The molecule has 2 N–H and O–H groups in total. The van der Waals surface area contributed by atoms with E-state index in [1.165, 1.54) is 0 Å². The molecule has 0 saturated carbocycles. The molecule has 1 saturated heterocycles. The number of benzene rings is 1. The molecule has 0 aliphatic carbocycles. The molecule has 1 unspecified atom stereocenters. The average Bonchev–Trinajstić information content (AvgIpc) is 3.00. The third-order valence-corrected chi connectivity index (χ3v) is 3.98. The summed E-state index contributed by atoms with van der Waals surface area (Å²) in [6, 6.07) is 5.97. The van der Waals surface area contributed by atoms with Crippen molar-refractivity contribution in [3.63, 3.8) is 0 Å². The maximum atomic E-state index is 11.8. The number of carbonyl (C=O) groups is 1. The Kier molecular flexibility index (Phi) is 4.60. The molecule has 1 atom stereocenters. The normalized spacial score (nSPS) is 20.3. The molecule has 0 radical (unpaired) electrons. The Morgan fingerprint density at radius 2 is 2.14 bits per heavy atom. The molecule has 1 amide bonds. The van der Waals surface area contributed by atoms with Crippen molar-refractivity contribution in [2.24, 2.45) is 5.92 Å². The maximum Gasteiger partial charge on any atom is 0.220 e. The van der Waals surface area contributed by atoms with Gasteiger partial charge < -0.3 is 20.1 Å². The molecular formula is C16H22N2O3. The minimum Gasteiger partial charge on any atom is -0.486 e. The summed E-state index contributed by atoms with van der Waals surface area (Å²) < 4.78 is 11.1. The number of nitrogens with one attached hydrogen (secondary N) is 2. The Bertz CT molecular complexity index is 498. The summed E-state index contributed by atoms with van der Waals surface area (Å²) in [6.45, 7) is 3.88. The molecule has 2 aliphatic heterocycles. The van der Waals surface area contributed by atoms with Gasteiger partial charge in [-0.05, 0) is 49.5 Å². The Hall–Kier alpha value is -1.75. The SMILES string of the molecule is O=C(CC1CCNC1)NCCc1ccc2c(c1)OCCO2. The third-order valence-electron chi connectivity index (χ3n) is 3.98. The molecule has 0 bridgehead atoms. The molecule has 2 aliphatic rings. The summed E-state index contributed by atoms with van der Waals surface area (Å²) in [6.07, 6.45) is 2.55. The average molecular weight is 290 g/mol. The van der Waals surface area contributed by atoms with Crippen molar-refractivity contribution in [2.75, 3.05) is 32.8 Å². The first-order chi connectivity index (χ1) is 10.3. The quantitative estimate of drug-likeness (QED) is 0.853. The van der Waals surface area contributed by atoms with Crippen LogP contribution in [-0.4, -0.2) is 38.8 Å². The lowest BCUT2D eigenvalue weighted by atomic mass is 10.0. The van der Waals surface area contributed by atoms with E-state index in [4.69, 9.17) is 9.47 Å². The zero-order valence-corrected chi connectivity index (χ0v) is 12.2. The monoisotopic (exact) mass is 290 g/mol. The van der Waals surface area contributed by atoms with Gasteiger partial charge in [0, 0.05) is 13.0 Å². The van der Waals surface area contributed by atoms with E-state index in [-0.39, 0.29) is 5.91 Å². The van der Waals surface area contributed by atoms with Gasteiger partial charge in [0.25, 0.3) is 0 Å². The van der Waals surface area contributed by atoms with Gasteiger partial charge in [-0.2, -0.15) is 0 Å². The highest BCUT2D eigenvalue weighted by Gasteiger charge is 2.17. The highest BCUT2D eigenvalue weighted by Crippen LogP contribution is 2.30. The second-order valence-corrected chi connectivity index (χ2v) is 5.64. The molecule has 5 nitrogen and oxygen atoms in total. The van der Waals surface area contributed by atoms with Gasteiger partial charge in [-0.3, -0.25) is 4.79 Å². The van der Waals surface area contributed by atoms with E-state index < -0.39 is 0 Å². The van der Waals surface area contributed by atoms with E-state index in [0.29, 0.717) is 32.1 Å². The van der Waals surface area contributed by atoms with Gasteiger partial charge in [-0.1, -0.05) is 6.07 Å². The Morgan fingerprint density at radius 1 is 1.29 bits per heavy atom. The third kappa shape index (κ3) is 3.88. The van der Waals surface area contributed by atoms with Gasteiger partial charge in [-0.15, -0.1) is 0 Å². The lowest BCUT2D eigenvalue weighted by Gasteiger charge is -2.19. The summed E-state index contributed by atoms with van der Waals surface area (Å²) in [5.41, 5.74) is 1.15. The van der Waals surface area contributed by atoms with Gasteiger partial charge in [0.1, 0.15) is 13.2 Å². The zero-order valence-electron chi connectivity index (χ0n) is 12.2. The van der Waals surface area contributed by atoms with Crippen molar-refractivity contribution < 1.29 is 14.3 Å². The second kappa shape index (κ2) is 6.80. The van der Waals surface area contributed by atoms with Crippen LogP contribution in [0.15, 0.2) is 18.2 Å². The van der Waals surface area contributed by atoms with E-state index in [2.05, 4.69) is 10.6 Å². The van der Waals surface area contributed by atoms with E-state index in [1.54, 1.807) is 0 Å². The first kappa shape index (κ1) is 14.2. The number of carbonyl (C=O) groups excluding carboxylic acids is 1. The van der Waals surface area contributed by atoms with Crippen LogP contribution in [0.4, 0.5) is 0 Å². The summed E-state index contributed by atoms with van der Waals surface area (Å²) in [4.78, 5) is 11.8. The highest BCUT2D eigenvalue weighted by atomic mass is 16.6. The number of fused-ring (bicyclic) bond motifs is 1. The lowest BCUT2D eigenvalue weighted by Crippen LogP contribution is -2.28. The topological polar surface area (TPSA) is 59.6 Å². The summed E-state index contributed by atoms with van der Waals surface area (Å²) in [5.74, 6) is 2.27. The summed E-state index contributed by atoms with van der Waals surface area (Å²) >= 11 is 0. The van der Waals surface area contributed by atoms with Crippen LogP contribution in [-0.2, 0) is 11.2 Å². The molecule has 1 aromatic carbocycles. The molecule has 5 heteroatoms. The van der Waals surface area contributed by atoms with Crippen LogP contribution in [0.25, 0.3) is 0 Å². The molecule has 0 spiro atoms. The maximum absolute atomic E-state index is 11.8. The van der Waals surface area contributed by atoms with Crippen molar-refractivity contribution in [1.82, 2.24) is 10.6 Å². The van der Waals surface area contributed by atoms with E-state index in [0.717, 1.165) is 43.0 Å². The van der Waals surface area contributed by atoms with Crippen LogP contribution < -0.4 is 20.1 Å². The van der Waals surface area contributed by atoms with Gasteiger partial charge in [-0.25, -0.2) is 0 Å². The van der Waals surface area contributed by atoms with Gasteiger partial charge in [0.15, 0.2) is 11.5 Å². The first-order valence-corrected chi connectivity index (χ1v) is 7.67. The predicted octanol–water partition coefficient (Wildman–Crippen LogP) is 1.12. The summed E-state index contributed by atoms with van der Waals surface area (Å²) in [5, 5.41) is 6.28. The number of ether oxygens (including phenoxy) is 2. The minimum atomic E-state index is 0.154. The molecule has 114 valence electrons. The first-order valence-electron chi connectivity index (χ1n) is 7.67. The second-order valence-electron chi connectivity index (χ2n) is 5.64. The van der Waals surface area contributed by atoms with Crippen molar-refractivity contribution in [3.05, 3.63) is 23.8 Å². The van der Waals surface area contributed by atoms with Crippen molar-refractivity contribution >= 4 is 5.91 Å². The van der Waals surface area contributed by atoms with Crippen LogP contribution in [0, 0.1) is 5.92 Å². The molecule has 3 rings (SSSR count). The summed E-state index contributed by atoms with van der Waals surface area (Å²) in [7, 11) is 0. The van der Waals surface area contributed by atoms with E-state index >= 15 is 0 Å². The molecule has 1 aromatic rings. The van der Waals surface area contributed by atoms with Gasteiger partial charge in [0.05, 0.1) is 0 Å². The van der Waals surface area contributed by atoms with Crippen LogP contribution >= 0.6 is 0 Å². The number of hydrogen-bond donors (Lipinski definition) is 2. The van der Waals surface area contributed by atoms with Crippen LogP contribution in [0.1, 0.15) is 18.4 Å². The van der Waals surface area contributed by atoms with Crippen LogP contribution in [0.5, 0.6) is 11.5 Å². The lowest BCUT2D eigenvalue weighted by molar-refractivity contribution is -0.121. The fraction of sp³-hybridized carbons (Fsp3) is 0.562. The van der Waals surface area contributed by atoms with E-state index in [1.807, 2.05) is 18.2 Å². The Balaban J connectivity index is 1.43. The molecule has 0 aromatic heterocycles. The Morgan fingerprint density at radius 3 is 2.95 bits per heavy atom. The smallest absolute Gasteiger partial charge is 0.220 e. The fourth-order valence-corrected chi connectivity index (χ4v) is 2.81. The number of amides is 1. The standard InChI is InChI=1S/C16H22N2O3/c19-16(10-13-3-5-17-11-13)18-6-4-12-1-2-14-15(9-12)21-8-7-20-14/h1-2,9,13,17H,3-8,10-11H2,(H,18,19). The fourth-order valence-electron chi connectivity index (χ4n) is 2.81. The van der Waals surface area contributed by atoms with Gasteiger partial charge >= 0.3 is 0 Å². The Labute approximate surface area is 125 Å². The largest absolute Gasteiger partial charge is 0.486 e. The highest BCUT2D eigenvalue weighted by molar-refractivity contribution is 5.76. The molecule has 2 heterocycles. The zero-order chi connectivity index (χ0) is 14.5. The molecule has 1 fully saturated rings. The molecule has 21 heavy (non-hydrogen) atoms. The minimum absolute atomic E-state index is 0.154. The van der Waals surface area contributed by atoms with Crippen molar-refractivity contribution in [2.45, 2.75) is 19.3 Å². The predicted molar refractivity (Wildman–Crippen MR) is 79.7 cm³/mol. The van der Waals surface area contributed by atoms with Crippen molar-refractivity contribution in [3.8, 4) is 11.5 Å². The van der Waals surface area contributed by atoms with Crippen molar-refractivity contribution in [1.29, 1.82) is 0 Å². The van der Waals surface area contributed by atoms with E-state index in [9.17, 15) is 4.79 Å². The van der Waals surface area contributed by atoms with Crippen LogP contribution in [0.2, 0.25) is 0 Å². The number of rotatable bonds is 5. The van der Waals surface area contributed by atoms with Crippen LogP contribution in [0.3, 0.4) is 0 Å².